The summed E-state index contributed by atoms with van der Waals surface area (Å²) in [6.07, 6.45) is 23.8. The molecule has 0 radical (unpaired) electrons. The highest BCUT2D eigenvalue weighted by Crippen LogP contribution is 2.13. The van der Waals surface area contributed by atoms with Crippen LogP contribution in [0, 0.1) is 0 Å². The first-order valence-corrected chi connectivity index (χ1v) is 10.9. The topological polar surface area (TPSA) is 44.0 Å². The fourth-order valence-electron chi connectivity index (χ4n) is 3.45. The Morgan fingerprint density at radius 2 is 0.962 bits per heavy atom. The maximum absolute atomic E-state index is 10.3. The number of carbonyl (C=O) groups excluding carboxylic acids is 1. The quantitative estimate of drug-likeness (QED) is 0.274. The van der Waals surface area contributed by atoms with Crippen molar-refractivity contribution in [2.45, 2.75) is 109 Å². The minimum absolute atomic E-state index is 0.228. The van der Waals surface area contributed by atoms with Crippen LogP contribution in [0.2, 0.25) is 0 Å². The number of carboxylic acid groups (broad SMARTS) is 1. The molecule has 1 rings (SSSR count). The Morgan fingerprint density at radius 1 is 0.577 bits per heavy atom. The predicted molar refractivity (Wildman–Crippen MR) is 106 cm³/mol. The second-order valence-corrected chi connectivity index (χ2v) is 7.54. The van der Waals surface area contributed by atoms with Crippen LogP contribution in [0.25, 0.3) is 0 Å². The van der Waals surface area contributed by atoms with Gasteiger partial charge >= 0.3 is 0 Å². The summed E-state index contributed by atoms with van der Waals surface area (Å²) in [5.74, 6) is -0.906. The number of pyridine rings is 1. The van der Waals surface area contributed by atoms with Gasteiger partial charge in [-0.1, -0.05) is 83.1 Å². The van der Waals surface area contributed by atoms with Crippen LogP contribution in [-0.2, 0) is 11.3 Å². The SMILES string of the molecule is O=C([O-])CCCCCCCCCCCCCCCCC[n+]1ccccc1. The highest BCUT2D eigenvalue weighted by atomic mass is 16.4. The Labute approximate surface area is 160 Å². The number of hydrogen-bond donors (Lipinski definition) is 0. The molecule has 0 aromatic carbocycles. The molecule has 0 aliphatic heterocycles. The number of aliphatic carboxylic acids is 1. The Kier molecular flexibility index (Phi) is 14.9. The summed E-state index contributed by atoms with van der Waals surface area (Å²) in [4.78, 5) is 10.3. The van der Waals surface area contributed by atoms with E-state index in [4.69, 9.17) is 0 Å². The summed E-state index contributed by atoms with van der Waals surface area (Å²) in [6.45, 7) is 1.15. The molecule has 26 heavy (non-hydrogen) atoms. The lowest BCUT2D eigenvalue weighted by atomic mass is 10.0. The highest BCUT2D eigenvalue weighted by molar-refractivity contribution is 5.63. The summed E-state index contributed by atoms with van der Waals surface area (Å²) < 4.78 is 2.27. The number of aromatic nitrogens is 1. The van der Waals surface area contributed by atoms with Crippen molar-refractivity contribution < 1.29 is 14.5 Å². The lowest BCUT2D eigenvalue weighted by Crippen LogP contribution is -2.32. The van der Waals surface area contributed by atoms with E-state index in [9.17, 15) is 9.90 Å². The molecule has 1 heterocycles. The Balaban J connectivity index is 1.70. The monoisotopic (exact) mass is 361 g/mol. The molecule has 0 saturated carbocycles. The molecular formula is C23H39NO2. The second-order valence-electron chi connectivity index (χ2n) is 7.54. The molecule has 0 unspecified atom stereocenters. The number of carbonyl (C=O) groups is 1. The van der Waals surface area contributed by atoms with Crippen LogP contribution in [0.4, 0.5) is 0 Å². The van der Waals surface area contributed by atoms with Gasteiger partial charge in [0.05, 0.1) is 0 Å². The maximum atomic E-state index is 10.3. The van der Waals surface area contributed by atoms with Crippen molar-refractivity contribution in [2.75, 3.05) is 0 Å². The molecule has 0 N–H and O–H groups in total. The molecule has 0 saturated heterocycles. The van der Waals surface area contributed by atoms with Crippen LogP contribution in [0.15, 0.2) is 30.6 Å². The van der Waals surface area contributed by atoms with Gasteiger partial charge in [0.1, 0.15) is 6.54 Å². The van der Waals surface area contributed by atoms with Crippen LogP contribution in [-0.4, -0.2) is 5.97 Å². The number of nitrogens with zero attached hydrogens (tertiary/aromatic N) is 1. The molecule has 3 nitrogen and oxygen atoms in total. The number of carboxylic acids is 1. The minimum Gasteiger partial charge on any atom is -0.550 e. The molecule has 0 amide bonds. The van der Waals surface area contributed by atoms with Crippen molar-refractivity contribution in [3.63, 3.8) is 0 Å². The zero-order chi connectivity index (χ0) is 18.7. The molecule has 0 fully saturated rings. The normalized spacial score (nSPS) is 10.9. The third-order valence-electron chi connectivity index (χ3n) is 5.07. The van der Waals surface area contributed by atoms with Gasteiger partial charge in [0.2, 0.25) is 0 Å². The molecule has 0 atom stereocenters. The molecule has 148 valence electrons. The van der Waals surface area contributed by atoms with Gasteiger partial charge in [-0.25, -0.2) is 4.57 Å². The fourth-order valence-corrected chi connectivity index (χ4v) is 3.45. The van der Waals surface area contributed by atoms with Gasteiger partial charge in [-0.05, 0) is 19.3 Å². The van der Waals surface area contributed by atoms with E-state index in [1.54, 1.807) is 0 Å². The van der Waals surface area contributed by atoms with Crippen molar-refractivity contribution in [3.8, 4) is 0 Å². The van der Waals surface area contributed by atoms with Crippen molar-refractivity contribution in [1.29, 1.82) is 0 Å². The van der Waals surface area contributed by atoms with Crippen LogP contribution < -0.4 is 9.67 Å². The summed E-state index contributed by atoms with van der Waals surface area (Å²) in [5, 5.41) is 10.3. The first kappa shape index (κ1) is 22.7. The van der Waals surface area contributed by atoms with Gasteiger partial charge in [-0.15, -0.1) is 0 Å². The molecular weight excluding hydrogens is 322 g/mol. The summed E-state index contributed by atoms with van der Waals surface area (Å²) in [7, 11) is 0. The summed E-state index contributed by atoms with van der Waals surface area (Å²) in [5.41, 5.74) is 0. The van der Waals surface area contributed by atoms with E-state index >= 15 is 0 Å². The standard InChI is InChI=1S/C23H39NO2/c25-23(26)19-15-12-10-8-6-4-2-1-3-5-7-9-11-13-16-20-24-21-17-14-18-22-24/h14,17-18,21-22H,1-13,15-16,19-20H2. The van der Waals surface area contributed by atoms with Crippen LogP contribution >= 0.6 is 0 Å². The van der Waals surface area contributed by atoms with Gasteiger partial charge in [-0.3, -0.25) is 0 Å². The largest absolute Gasteiger partial charge is 0.550 e. The minimum atomic E-state index is -0.906. The van der Waals surface area contributed by atoms with Crippen LogP contribution in [0.1, 0.15) is 103 Å². The molecule has 1 aromatic rings. The third kappa shape index (κ3) is 14.9. The van der Waals surface area contributed by atoms with Crippen molar-refractivity contribution >= 4 is 5.97 Å². The first-order valence-electron chi connectivity index (χ1n) is 10.9. The average Bonchev–Trinajstić information content (AvgIpc) is 2.65. The Morgan fingerprint density at radius 3 is 1.38 bits per heavy atom. The molecule has 0 aliphatic carbocycles. The highest BCUT2D eigenvalue weighted by Gasteiger charge is 1.98. The maximum Gasteiger partial charge on any atom is 0.168 e. The molecule has 1 aromatic heterocycles. The van der Waals surface area contributed by atoms with Crippen molar-refractivity contribution in [2.24, 2.45) is 0 Å². The number of unbranched alkanes of at least 4 members (excludes halogenated alkanes) is 14. The first-order chi connectivity index (χ1) is 12.8. The van der Waals surface area contributed by atoms with Gasteiger partial charge in [0, 0.05) is 24.5 Å². The second kappa shape index (κ2) is 17.1. The fraction of sp³-hybridized carbons (Fsp3) is 0.739. The van der Waals surface area contributed by atoms with Gasteiger partial charge in [0.25, 0.3) is 0 Å². The molecule has 3 heteroatoms. The lowest BCUT2D eigenvalue weighted by molar-refractivity contribution is -0.697. The van der Waals surface area contributed by atoms with Gasteiger partial charge in [0.15, 0.2) is 12.4 Å². The molecule has 0 aliphatic rings. The van der Waals surface area contributed by atoms with Gasteiger partial charge in [-0.2, -0.15) is 0 Å². The van der Waals surface area contributed by atoms with Gasteiger partial charge < -0.3 is 9.90 Å². The zero-order valence-electron chi connectivity index (χ0n) is 16.7. The van der Waals surface area contributed by atoms with E-state index in [2.05, 4.69) is 35.2 Å². The predicted octanol–water partition coefficient (Wildman–Crippen LogP) is 4.97. The van der Waals surface area contributed by atoms with Crippen LogP contribution in [0.3, 0.4) is 0 Å². The van der Waals surface area contributed by atoms with E-state index in [1.165, 1.54) is 83.5 Å². The number of aryl methyl sites for hydroxylation is 1. The van der Waals surface area contributed by atoms with Crippen LogP contribution in [0.5, 0.6) is 0 Å². The van der Waals surface area contributed by atoms with E-state index < -0.39 is 5.97 Å². The summed E-state index contributed by atoms with van der Waals surface area (Å²) in [6, 6.07) is 6.26. The third-order valence-corrected chi connectivity index (χ3v) is 5.07. The van der Waals surface area contributed by atoms with E-state index in [0.717, 1.165) is 19.4 Å². The lowest BCUT2D eigenvalue weighted by Gasteiger charge is -2.04. The number of hydrogen-bond acceptors (Lipinski definition) is 2. The van der Waals surface area contributed by atoms with E-state index in [-0.39, 0.29) is 6.42 Å². The number of rotatable bonds is 18. The summed E-state index contributed by atoms with van der Waals surface area (Å²) >= 11 is 0. The van der Waals surface area contributed by atoms with E-state index in [0.29, 0.717) is 0 Å². The van der Waals surface area contributed by atoms with Crippen molar-refractivity contribution in [3.05, 3.63) is 30.6 Å². The Hall–Kier alpha value is -1.38. The zero-order valence-corrected chi connectivity index (χ0v) is 16.7. The van der Waals surface area contributed by atoms with Crippen molar-refractivity contribution in [1.82, 2.24) is 0 Å². The average molecular weight is 362 g/mol. The smallest absolute Gasteiger partial charge is 0.168 e. The van der Waals surface area contributed by atoms with E-state index in [1.807, 2.05) is 0 Å². The molecule has 0 spiro atoms. The Bertz CT molecular complexity index is 433. The molecule has 0 bridgehead atoms.